The summed E-state index contributed by atoms with van der Waals surface area (Å²) >= 11 is 0. The van der Waals surface area contributed by atoms with E-state index in [4.69, 9.17) is 9.47 Å². The molecular weight excluding hydrogens is 390 g/mol. The number of aliphatic hydroxyl groups is 1. The number of esters is 1. The number of aromatic nitrogens is 1. The zero-order valence-corrected chi connectivity index (χ0v) is 18.4. The fourth-order valence-electron chi connectivity index (χ4n) is 3.47. The molecule has 1 fully saturated rings. The van der Waals surface area contributed by atoms with Crippen LogP contribution in [-0.4, -0.2) is 89.7 Å². The van der Waals surface area contributed by atoms with E-state index < -0.39 is 23.6 Å². The first-order valence-corrected chi connectivity index (χ1v) is 10.5. The SMILES string of the molecule is Cc1c(C(=O)OC(C)(C)C)[nH]c(CCCNCC(O)CN2CCOCC2)c1C(=O)O. The summed E-state index contributed by atoms with van der Waals surface area (Å²) in [5.74, 6) is -1.62. The van der Waals surface area contributed by atoms with E-state index in [0.29, 0.717) is 56.9 Å². The number of rotatable bonds is 10. The van der Waals surface area contributed by atoms with Gasteiger partial charge in [-0.1, -0.05) is 0 Å². The van der Waals surface area contributed by atoms with Crippen LogP contribution in [0.4, 0.5) is 0 Å². The first-order valence-electron chi connectivity index (χ1n) is 10.5. The molecule has 1 unspecified atom stereocenters. The van der Waals surface area contributed by atoms with Gasteiger partial charge in [-0.05, 0) is 52.6 Å². The summed E-state index contributed by atoms with van der Waals surface area (Å²) in [5.41, 5.74) is 0.552. The number of carboxylic acids is 1. The Labute approximate surface area is 177 Å². The van der Waals surface area contributed by atoms with Crippen molar-refractivity contribution in [1.29, 1.82) is 0 Å². The van der Waals surface area contributed by atoms with E-state index in [-0.39, 0.29) is 11.3 Å². The van der Waals surface area contributed by atoms with Crippen molar-refractivity contribution in [3.63, 3.8) is 0 Å². The van der Waals surface area contributed by atoms with Crippen LogP contribution >= 0.6 is 0 Å². The van der Waals surface area contributed by atoms with Crippen LogP contribution in [0.5, 0.6) is 0 Å². The normalized spacial score (nSPS) is 16.4. The molecule has 0 amide bonds. The number of ether oxygens (including phenoxy) is 2. The van der Waals surface area contributed by atoms with Gasteiger partial charge in [0.25, 0.3) is 0 Å². The largest absolute Gasteiger partial charge is 0.478 e. The first-order chi connectivity index (χ1) is 14.1. The van der Waals surface area contributed by atoms with Gasteiger partial charge in [-0.15, -0.1) is 0 Å². The lowest BCUT2D eigenvalue weighted by Gasteiger charge is -2.28. The van der Waals surface area contributed by atoms with Gasteiger partial charge in [-0.3, -0.25) is 4.90 Å². The molecule has 4 N–H and O–H groups in total. The minimum atomic E-state index is -1.07. The highest BCUT2D eigenvalue weighted by Crippen LogP contribution is 2.22. The molecule has 2 heterocycles. The summed E-state index contributed by atoms with van der Waals surface area (Å²) < 4.78 is 10.7. The third-order valence-corrected chi connectivity index (χ3v) is 4.88. The number of carbonyl (C=O) groups is 2. The predicted molar refractivity (Wildman–Crippen MR) is 112 cm³/mol. The Hall–Kier alpha value is -1.94. The van der Waals surface area contributed by atoms with Crippen LogP contribution in [0.15, 0.2) is 0 Å². The summed E-state index contributed by atoms with van der Waals surface area (Å²) in [4.78, 5) is 29.2. The number of hydrogen-bond acceptors (Lipinski definition) is 7. The fourth-order valence-corrected chi connectivity index (χ4v) is 3.47. The van der Waals surface area contributed by atoms with Gasteiger partial charge in [0.05, 0.1) is 24.9 Å². The Morgan fingerprint density at radius 1 is 1.30 bits per heavy atom. The maximum absolute atomic E-state index is 12.4. The van der Waals surface area contributed by atoms with E-state index >= 15 is 0 Å². The van der Waals surface area contributed by atoms with Crippen LogP contribution in [0.1, 0.15) is 59.3 Å². The van der Waals surface area contributed by atoms with Crippen LogP contribution in [-0.2, 0) is 15.9 Å². The van der Waals surface area contributed by atoms with Gasteiger partial charge in [-0.25, -0.2) is 9.59 Å². The Morgan fingerprint density at radius 2 is 1.97 bits per heavy atom. The number of carbonyl (C=O) groups excluding carboxylic acids is 1. The quantitative estimate of drug-likeness (QED) is 0.326. The van der Waals surface area contributed by atoms with Gasteiger partial charge in [0.1, 0.15) is 11.3 Å². The summed E-state index contributed by atoms with van der Waals surface area (Å²) in [6.07, 6.45) is 0.667. The molecule has 1 aromatic heterocycles. The van der Waals surface area contributed by atoms with E-state index in [1.165, 1.54) is 0 Å². The number of morpholine rings is 1. The molecule has 1 aliphatic rings. The van der Waals surface area contributed by atoms with Crippen molar-refractivity contribution >= 4 is 11.9 Å². The molecule has 1 aromatic rings. The molecule has 2 rings (SSSR count). The molecule has 0 radical (unpaired) electrons. The van der Waals surface area contributed by atoms with Gasteiger partial charge < -0.3 is 30.0 Å². The molecule has 1 aliphatic heterocycles. The third-order valence-electron chi connectivity index (χ3n) is 4.88. The Bertz CT molecular complexity index is 719. The minimum absolute atomic E-state index is 0.128. The summed E-state index contributed by atoms with van der Waals surface area (Å²) in [5, 5.41) is 22.9. The second-order valence-electron chi connectivity index (χ2n) is 8.66. The lowest BCUT2D eigenvalue weighted by Crippen LogP contribution is -2.43. The van der Waals surface area contributed by atoms with Crippen LogP contribution in [0.25, 0.3) is 0 Å². The second-order valence-corrected chi connectivity index (χ2v) is 8.66. The standard InChI is InChI=1S/C21H35N3O6/c1-14-17(19(26)27)16(23-18(14)20(28)30-21(2,3)4)6-5-7-22-12-15(25)13-24-8-10-29-11-9-24/h15,22-23,25H,5-13H2,1-4H3,(H,26,27). The van der Waals surface area contributed by atoms with Crippen molar-refractivity contribution in [3.8, 4) is 0 Å². The van der Waals surface area contributed by atoms with Crippen molar-refractivity contribution in [2.45, 2.75) is 52.2 Å². The average Bonchev–Trinajstić information content (AvgIpc) is 2.97. The first kappa shape index (κ1) is 24.3. The Morgan fingerprint density at radius 3 is 2.57 bits per heavy atom. The minimum Gasteiger partial charge on any atom is -0.478 e. The van der Waals surface area contributed by atoms with E-state index in [1.807, 2.05) is 0 Å². The van der Waals surface area contributed by atoms with Crippen molar-refractivity contribution in [2.24, 2.45) is 0 Å². The molecule has 0 spiro atoms. The van der Waals surface area contributed by atoms with E-state index in [2.05, 4.69) is 15.2 Å². The number of nitrogens with one attached hydrogen (secondary N) is 2. The highest BCUT2D eigenvalue weighted by atomic mass is 16.6. The van der Waals surface area contributed by atoms with Crippen molar-refractivity contribution in [1.82, 2.24) is 15.2 Å². The molecule has 0 aliphatic carbocycles. The second kappa shape index (κ2) is 10.9. The van der Waals surface area contributed by atoms with Gasteiger partial charge in [0.2, 0.25) is 0 Å². The van der Waals surface area contributed by atoms with E-state index in [0.717, 1.165) is 13.1 Å². The number of aryl methyl sites for hydroxylation is 1. The maximum Gasteiger partial charge on any atom is 0.355 e. The fraction of sp³-hybridized carbons (Fsp3) is 0.714. The topological polar surface area (TPSA) is 124 Å². The smallest absolute Gasteiger partial charge is 0.355 e. The van der Waals surface area contributed by atoms with Gasteiger partial charge in [0, 0.05) is 31.9 Å². The zero-order chi connectivity index (χ0) is 22.3. The van der Waals surface area contributed by atoms with Crippen molar-refractivity contribution in [3.05, 3.63) is 22.5 Å². The summed E-state index contributed by atoms with van der Waals surface area (Å²) in [6.45, 7) is 11.7. The third kappa shape index (κ3) is 7.39. The van der Waals surface area contributed by atoms with Crippen LogP contribution in [0.2, 0.25) is 0 Å². The molecule has 1 atom stereocenters. The number of nitrogens with zero attached hydrogens (tertiary/aromatic N) is 1. The number of aromatic carboxylic acids is 1. The summed E-state index contributed by atoms with van der Waals surface area (Å²) in [6, 6.07) is 0. The highest BCUT2D eigenvalue weighted by molar-refractivity contribution is 5.97. The van der Waals surface area contributed by atoms with E-state index in [9.17, 15) is 19.8 Å². The maximum atomic E-state index is 12.4. The van der Waals surface area contributed by atoms with Gasteiger partial charge >= 0.3 is 11.9 Å². The lowest BCUT2D eigenvalue weighted by atomic mass is 10.1. The van der Waals surface area contributed by atoms with Crippen LogP contribution in [0.3, 0.4) is 0 Å². The molecule has 0 aromatic carbocycles. The van der Waals surface area contributed by atoms with Crippen LogP contribution < -0.4 is 5.32 Å². The molecule has 1 saturated heterocycles. The van der Waals surface area contributed by atoms with E-state index in [1.54, 1.807) is 27.7 Å². The number of aromatic amines is 1. The molecule has 170 valence electrons. The zero-order valence-electron chi connectivity index (χ0n) is 18.4. The number of aliphatic hydroxyl groups excluding tert-OH is 1. The Balaban J connectivity index is 1.84. The number of carboxylic acid groups (broad SMARTS) is 1. The monoisotopic (exact) mass is 425 g/mol. The van der Waals surface area contributed by atoms with Gasteiger partial charge in [0.15, 0.2) is 0 Å². The molecule has 0 bridgehead atoms. The molecule has 30 heavy (non-hydrogen) atoms. The van der Waals surface area contributed by atoms with Crippen LogP contribution in [0, 0.1) is 6.92 Å². The average molecular weight is 426 g/mol. The predicted octanol–water partition coefficient (Wildman–Crippen LogP) is 1.19. The molecular formula is C21H35N3O6. The van der Waals surface area contributed by atoms with Gasteiger partial charge in [-0.2, -0.15) is 0 Å². The Kier molecular flexibility index (Phi) is 8.84. The number of H-pyrrole nitrogens is 1. The summed E-state index contributed by atoms with van der Waals surface area (Å²) in [7, 11) is 0. The number of β-amino-alcohol motifs (C(OH)–C–C–N with tert-alkyl or cyclic N) is 1. The van der Waals surface area contributed by atoms with Crippen molar-refractivity contribution in [2.75, 3.05) is 45.9 Å². The van der Waals surface area contributed by atoms with Crippen molar-refractivity contribution < 1.29 is 29.3 Å². The molecule has 9 nitrogen and oxygen atoms in total. The highest BCUT2D eigenvalue weighted by Gasteiger charge is 2.26. The lowest BCUT2D eigenvalue weighted by molar-refractivity contribution is 0.00622. The molecule has 9 heteroatoms. The number of hydrogen-bond donors (Lipinski definition) is 4. The molecule has 0 saturated carbocycles.